The van der Waals surface area contributed by atoms with E-state index in [2.05, 4.69) is 0 Å². The maximum Gasteiger partial charge on any atom is 0 e. The first-order chi connectivity index (χ1) is 0. The van der Waals surface area contributed by atoms with Crippen molar-refractivity contribution in [3.8, 4) is 0 Å². The molecule has 0 saturated heterocycles. The summed E-state index contributed by atoms with van der Waals surface area (Å²) in [4.78, 5) is 0. The number of hydrogen-bond acceptors (Lipinski definition) is 1. The second-order valence-corrected chi connectivity index (χ2v) is 0. The summed E-state index contributed by atoms with van der Waals surface area (Å²) in [6, 6.07) is 0. The van der Waals surface area contributed by atoms with Crippen LogP contribution in [0.25, 0.3) is 0 Å². The van der Waals surface area contributed by atoms with Gasteiger partial charge in [-0.15, -0.1) is 0 Å². The molecule has 4 heavy (non-hydrogen) atoms. The van der Waals surface area contributed by atoms with Crippen molar-refractivity contribution in [3.63, 3.8) is 0 Å². The molecule has 24 valence electrons. The van der Waals surface area contributed by atoms with Gasteiger partial charge in [0.2, 0.25) is 0 Å². The van der Waals surface area contributed by atoms with Crippen molar-refractivity contribution in [1.29, 1.82) is 0 Å². The minimum absolute atomic E-state index is 0. The third-order valence-corrected chi connectivity index (χ3v) is 0. The molecule has 0 aliphatic rings. The molecule has 0 amide bonds. The van der Waals surface area contributed by atoms with Crippen LogP contribution in [0, 0.1) is 0 Å². The van der Waals surface area contributed by atoms with Gasteiger partial charge in [-0.25, -0.2) is 0 Å². The van der Waals surface area contributed by atoms with Gasteiger partial charge in [0.05, 0.1) is 0 Å². The Morgan fingerprint density at radius 3 is 1.00 bits per heavy atom. The van der Waals surface area contributed by atoms with Crippen LogP contribution in [0.3, 0.4) is 0 Å². The molecule has 0 heterocycles. The summed E-state index contributed by atoms with van der Waals surface area (Å²) in [7, 11) is 0. The smallest absolute Gasteiger partial charge is 0 e. The van der Waals surface area contributed by atoms with Crippen LogP contribution in [-0.2, 0) is 47.9 Å². The quantitative estimate of drug-likeness (QED) is 0.486. The Labute approximate surface area is 59.2 Å². The minimum atomic E-state index is 0. The molecule has 0 rings (SSSR count). The van der Waals surface area contributed by atoms with Crippen molar-refractivity contribution < 1.29 is 53.4 Å². The third kappa shape index (κ3) is 9.68. The Hall–Kier alpha value is 1.52. The Morgan fingerprint density at radius 2 is 1.00 bits per heavy atom. The first-order valence-corrected chi connectivity index (χ1v) is 0. The molecule has 4 heteroatoms. The molecule has 0 unspecified atom stereocenters. The van der Waals surface area contributed by atoms with E-state index in [0.717, 1.165) is 0 Å². The summed E-state index contributed by atoms with van der Waals surface area (Å²) in [5, 5.41) is 0. The van der Waals surface area contributed by atoms with Gasteiger partial charge < -0.3 is 11.6 Å². The van der Waals surface area contributed by atoms with Crippen molar-refractivity contribution in [2.24, 2.45) is 0 Å². The van der Waals surface area contributed by atoms with Crippen LogP contribution in [0.15, 0.2) is 0 Å². The summed E-state index contributed by atoms with van der Waals surface area (Å²) >= 11 is 0. The molecule has 2 nitrogen and oxygen atoms in total. The molecule has 0 aliphatic carbocycles. The Bertz CT molecular complexity index is 8.00. The van der Waals surface area contributed by atoms with E-state index in [1.807, 2.05) is 0 Å². The summed E-state index contributed by atoms with van der Waals surface area (Å²) in [5.74, 6) is 0. The minimum Gasteiger partial charge on any atom is -0.412 e. The molecule has 0 aliphatic heterocycles. The zero-order valence-corrected chi connectivity index (χ0v) is 6.23. The van der Waals surface area contributed by atoms with Crippen molar-refractivity contribution in [2.45, 2.75) is 0 Å². The molecule has 0 aromatic heterocycles. The van der Waals surface area contributed by atoms with Gasteiger partial charge in [0, 0.05) is 47.9 Å². The fraction of sp³-hybridized carbons (Fsp3) is 0. The van der Waals surface area contributed by atoms with Gasteiger partial charge in [0.15, 0.2) is 0 Å². The molecule has 0 bridgehead atoms. The summed E-state index contributed by atoms with van der Waals surface area (Å²) in [5.41, 5.74) is 0. The van der Waals surface area contributed by atoms with Gasteiger partial charge in [-0.3, -0.25) is 0 Å². The summed E-state index contributed by atoms with van der Waals surface area (Å²) in [6.45, 7) is 0. The maximum absolute atomic E-state index is 0. The van der Waals surface area contributed by atoms with Crippen molar-refractivity contribution in [1.82, 2.24) is 6.15 Å². The van der Waals surface area contributed by atoms with Crippen LogP contribution in [-0.4, -0.2) is 5.48 Å². The summed E-state index contributed by atoms with van der Waals surface area (Å²) in [6.07, 6.45) is 0. The topological polar surface area (TPSA) is 66.5 Å². The van der Waals surface area contributed by atoms with E-state index in [-0.39, 0.29) is 59.5 Å². The van der Waals surface area contributed by atoms with E-state index in [0.29, 0.717) is 0 Å². The van der Waals surface area contributed by atoms with Gasteiger partial charge in [-0.05, 0) is 0 Å². The van der Waals surface area contributed by atoms with Gasteiger partial charge in [-0.2, -0.15) is 0 Å². The number of rotatable bonds is 0. The van der Waals surface area contributed by atoms with E-state index in [9.17, 15) is 0 Å². The first-order valence-electron chi connectivity index (χ1n) is 0. The van der Waals surface area contributed by atoms with Gasteiger partial charge in [0.25, 0.3) is 0 Å². The van der Waals surface area contributed by atoms with Crippen molar-refractivity contribution in [2.75, 3.05) is 0 Å². The zero-order chi connectivity index (χ0) is 0. The van der Waals surface area contributed by atoms with Crippen molar-refractivity contribution in [3.05, 3.63) is 0 Å². The predicted octanol–water partition coefficient (Wildman–Crippen LogP) is -0.668. The van der Waals surface area contributed by atoms with Crippen LogP contribution >= 0.6 is 0 Å². The van der Waals surface area contributed by atoms with E-state index in [1.54, 1.807) is 0 Å². The zero-order valence-electron chi connectivity index (χ0n) is 2.21. The second kappa shape index (κ2) is 24.3. The van der Waals surface area contributed by atoms with Crippen LogP contribution in [0.4, 0.5) is 0 Å². The predicted molar refractivity (Wildman–Crippen MR) is 8.64 cm³/mol. The number of hydrogen-bond donors (Lipinski definition) is 1. The molecule has 0 aromatic carbocycles. The fourth-order valence-electron chi connectivity index (χ4n) is 0. The molecule has 0 fully saturated rings. The van der Waals surface area contributed by atoms with Crippen LogP contribution in [0.1, 0.15) is 0 Å². The van der Waals surface area contributed by atoms with Crippen LogP contribution < -0.4 is 6.15 Å². The van der Waals surface area contributed by atoms with E-state index in [4.69, 9.17) is 0 Å². The molecule has 0 atom stereocenters. The molecule has 0 radical (unpaired) electrons. The normalized spacial score (nSPS) is 0. The SMILES string of the molecule is N.O.[Ti].[Zr]. The molecule has 0 aromatic rings. The van der Waals surface area contributed by atoms with E-state index >= 15 is 0 Å². The first kappa shape index (κ1) is 48.9. The average molecular weight is 174 g/mol. The fourth-order valence-corrected chi connectivity index (χ4v) is 0. The monoisotopic (exact) mass is 173 g/mol. The van der Waals surface area contributed by atoms with E-state index < -0.39 is 0 Å². The van der Waals surface area contributed by atoms with E-state index in [1.165, 1.54) is 0 Å². The Balaban J connectivity index is 0. The molecule has 5 N–H and O–H groups in total. The third-order valence-electron chi connectivity index (χ3n) is 0. The molecular formula is H5NOTiZr. The Morgan fingerprint density at radius 1 is 1.00 bits per heavy atom. The summed E-state index contributed by atoms with van der Waals surface area (Å²) < 4.78 is 0. The molecule has 0 saturated carbocycles. The molecule has 0 spiro atoms. The average Bonchev–Trinajstić information content (AvgIpc) is 0. The van der Waals surface area contributed by atoms with Gasteiger partial charge in [0.1, 0.15) is 0 Å². The second-order valence-electron chi connectivity index (χ2n) is 0. The van der Waals surface area contributed by atoms with Crippen LogP contribution in [0.2, 0.25) is 0 Å². The van der Waals surface area contributed by atoms with Gasteiger partial charge >= 0.3 is 0 Å². The van der Waals surface area contributed by atoms with Crippen molar-refractivity contribution >= 4 is 0 Å². The standard InChI is InChI=1S/H3N.H2O.Ti.Zr/h1H3;1H2;;. The molecular weight excluding hydrogens is 169 g/mol. The largest absolute Gasteiger partial charge is 0.412 e. The van der Waals surface area contributed by atoms with Gasteiger partial charge in [-0.1, -0.05) is 0 Å². The van der Waals surface area contributed by atoms with Crippen LogP contribution in [0.5, 0.6) is 0 Å². The maximum atomic E-state index is 0. The Kier molecular flexibility index (Phi) is 297.